The van der Waals surface area contributed by atoms with Gasteiger partial charge in [-0.1, -0.05) is 29.8 Å². The zero-order chi connectivity index (χ0) is 11.5. The van der Waals surface area contributed by atoms with Crippen LogP contribution in [0.5, 0.6) is 0 Å². The van der Waals surface area contributed by atoms with Gasteiger partial charge in [0.15, 0.2) is 0 Å². The molecule has 0 radical (unpaired) electrons. The maximum atomic E-state index is 11.1. The van der Waals surface area contributed by atoms with Gasteiger partial charge in [0.25, 0.3) is 0 Å². The molecule has 2 rings (SSSR count). The number of carboxylic acids is 1. The Labute approximate surface area is 94.7 Å². The number of piperazine rings is 1. The average molecular weight is 220 g/mol. The predicted molar refractivity (Wildman–Crippen MR) is 61.3 cm³/mol. The number of carbonyl (C=O) groups is 1. The molecule has 1 heterocycles. The third kappa shape index (κ3) is 2.23. The van der Waals surface area contributed by atoms with Gasteiger partial charge in [-0.05, 0) is 12.5 Å². The molecule has 1 aromatic carbocycles. The number of benzene rings is 1. The van der Waals surface area contributed by atoms with Crippen molar-refractivity contribution in [1.82, 2.24) is 10.6 Å². The Hall–Kier alpha value is -1.39. The van der Waals surface area contributed by atoms with E-state index < -0.39 is 12.0 Å². The first-order valence-electron chi connectivity index (χ1n) is 5.44. The fraction of sp³-hybridized carbons (Fsp3) is 0.417. The van der Waals surface area contributed by atoms with Crippen molar-refractivity contribution in [3.05, 3.63) is 35.4 Å². The molecule has 3 N–H and O–H groups in total. The van der Waals surface area contributed by atoms with E-state index in [1.165, 1.54) is 0 Å². The van der Waals surface area contributed by atoms with E-state index in [1.807, 2.05) is 31.2 Å². The van der Waals surface area contributed by atoms with Crippen molar-refractivity contribution in [1.29, 1.82) is 0 Å². The van der Waals surface area contributed by atoms with E-state index in [1.54, 1.807) is 0 Å². The fourth-order valence-corrected chi connectivity index (χ4v) is 2.09. The van der Waals surface area contributed by atoms with Crippen molar-refractivity contribution in [2.24, 2.45) is 0 Å². The molecule has 86 valence electrons. The smallest absolute Gasteiger partial charge is 0.322 e. The lowest BCUT2D eigenvalue weighted by Crippen LogP contribution is -2.54. The Bertz CT molecular complexity index is 392. The van der Waals surface area contributed by atoms with E-state index in [2.05, 4.69) is 10.6 Å². The van der Waals surface area contributed by atoms with Gasteiger partial charge < -0.3 is 15.7 Å². The summed E-state index contributed by atoms with van der Waals surface area (Å²) < 4.78 is 0. The summed E-state index contributed by atoms with van der Waals surface area (Å²) in [6, 6.07) is 7.27. The molecule has 0 amide bonds. The van der Waals surface area contributed by atoms with E-state index in [0.29, 0.717) is 6.54 Å². The third-order valence-electron chi connectivity index (χ3n) is 2.85. The second-order valence-corrected chi connectivity index (χ2v) is 4.12. The summed E-state index contributed by atoms with van der Waals surface area (Å²) in [5.41, 5.74) is 2.17. The quantitative estimate of drug-likeness (QED) is 0.686. The van der Waals surface area contributed by atoms with E-state index >= 15 is 0 Å². The molecule has 1 saturated heterocycles. The van der Waals surface area contributed by atoms with Crippen LogP contribution in [-0.2, 0) is 4.79 Å². The second-order valence-electron chi connectivity index (χ2n) is 4.12. The zero-order valence-electron chi connectivity index (χ0n) is 9.23. The van der Waals surface area contributed by atoms with Crippen molar-refractivity contribution < 1.29 is 9.90 Å². The van der Waals surface area contributed by atoms with Crippen molar-refractivity contribution in [3.63, 3.8) is 0 Å². The Morgan fingerprint density at radius 1 is 1.38 bits per heavy atom. The number of rotatable bonds is 2. The first kappa shape index (κ1) is 11.1. The van der Waals surface area contributed by atoms with E-state index in [0.717, 1.165) is 17.7 Å². The predicted octanol–water partition coefficient (Wildman–Crippen LogP) is 0.682. The van der Waals surface area contributed by atoms with Crippen molar-refractivity contribution in [2.45, 2.75) is 19.0 Å². The van der Waals surface area contributed by atoms with Crippen LogP contribution in [0.1, 0.15) is 17.2 Å². The molecule has 1 fully saturated rings. The first-order chi connectivity index (χ1) is 7.68. The highest BCUT2D eigenvalue weighted by Gasteiger charge is 2.31. The number of hydrogen-bond donors (Lipinski definition) is 3. The number of aryl methyl sites for hydroxylation is 1. The summed E-state index contributed by atoms with van der Waals surface area (Å²) in [5.74, 6) is -0.807. The van der Waals surface area contributed by atoms with Gasteiger partial charge in [-0.3, -0.25) is 4.79 Å². The van der Waals surface area contributed by atoms with Gasteiger partial charge in [-0.2, -0.15) is 0 Å². The Morgan fingerprint density at radius 2 is 2.12 bits per heavy atom. The average Bonchev–Trinajstić information content (AvgIpc) is 2.29. The minimum Gasteiger partial charge on any atom is -0.480 e. The largest absolute Gasteiger partial charge is 0.480 e. The molecule has 0 aliphatic carbocycles. The fourth-order valence-electron chi connectivity index (χ4n) is 2.09. The summed E-state index contributed by atoms with van der Waals surface area (Å²) in [5, 5.41) is 15.4. The lowest BCUT2D eigenvalue weighted by molar-refractivity contribution is -0.140. The molecular formula is C12H16N2O2. The summed E-state index contributed by atoms with van der Waals surface area (Å²) in [4.78, 5) is 11.1. The van der Waals surface area contributed by atoms with Crippen molar-refractivity contribution in [3.8, 4) is 0 Å². The molecule has 1 aromatic rings. The Morgan fingerprint density at radius 3 is 2.81 bits per heavy atom. The molecule has 0 bridgehead atoms. The molecule has 2 unspecified atom stereocenters. The summed E-state index contributed by atoms with van der Waals surface area (Å²) in [6.45, 7) is 3.50. The van der Waals surface area contributed by atoms with E-state index in [-0.39, 0.29) is 6.04 Å². The maximum Gasteiger partial charge on any atom is 0.322 e. The van der Waals surface area contributed by atoms with Gasteiger partial charge in [-0.15, -0.1) is 0 Å². The monoisotopic (exact) mass is 220 g/mol. The molecule has 0 saturated carbocycles. The number of aliphatic carboxylic acids is 1. The molecule has 0 spiro atoms. The van der Waals surface area contributed by atoms with Crippen LogP contribution >= 0.6 is 0 Å². The Balaban J connectivity index is 2.26. The van der Waals surface area contributed by atoms with Crippen LogP contribution in [0.2, 0.25) is 0 Å². The van der Waals surface area contributed by atoms with Crippen LogP contribution in [0.4, 0.5) is 0 Å². The molecular weight excluding hydrogens is 204 g/mol. The lowest BCUT2D eigenvalue weighted by Gasteiger charge is -2.31. The van der Waals surface area contributed by atoms with Gasteiger partial charge in [0.05, 0.1) is 6.04 Å². The normalized spacial score (nSPS) is 25.3. The number of hydrogen-bond acceptors (Lipinski definition) is 3. The van der Waals surface area contributed by atoms with Crippen LogP contribution in [0.25, 0.3) is 0 Å². The SMILES string of the molecule is Cc1cccc(C2NCCNC2C(=O)O)c1. The summed E-state index contributed by atoms with van der Waals surface area (Å²) >= 11 is 0. The van der Waals surface area contributed by atoms with Gasteiger partial charge in [0.2, 0.25) is 0 Å². The molecule has 16 heavy (non-hydrogen) atoms. The van der Waals surface area contributed by atoms with Gasteiger partial charge in [0, 0.05) is 13.1 Å². The second kappa shape index (κ2) is 4.63. The molecule has 1 aliphatic heterocycles. The van der Waals surface area contributed by atoms with Crippen LogP contribution in [0.3, 0.4) is 0 Å². The number of carboxylic acid groups (broad SMARTS) is 1. The summed E-state index contributed by atoms with van der Waals surface area (Å²) in [6.07, 6.45) is 0. The molecule has 4 heteroatoms. The molecule has 2 atom stereocenters. The van der Waals surface area contributed by atoms with E-state index in [9.17, 15) is 4.79 Å². The first-order valence-corrected chi connectivity index (χ1v) is 5.44. The van der Waals surface area contributed by atoms with Crippen molar-refractivity contribution >= 4 is 5.97 Å². The lowest BCUT2D eigenvalue weighted by atomic mass is 9.96. The van der Waals surface area contributed by atoms with Crippen LogP contribution in [0.15, 0.2) is 24.3 Å². The number of nitrogens with one attached hydrogen (secondary N) is 2. The molecule has 4 nitrogen and oxygen atoms in total. The minimum atomic E-state index is -0.807. The zero-order valence-corrected chi connectivity index (χ0v) is 9.23. The highest BCUT2D eigenvalue weighted by molar-refractivity contribution is 5.75. The highest BCUT2D eigenvalue weighted by Crippen LogP contribution is 2.20. The highest BCUT2D eigenvalue weighted by atomic mass is 16.4. The topological polar surface area (TPSA) is 61.4 Å². The maximum absolute atomic E-state index is 11.1. The van der Waals surface area contributed by atoms with Gasteiger partial charge in [0.1, 0.15) is 6.04 Å². The van der Waals surface area contributed by atoms with Crippen LogP contribution in [0, 0.1) is 6.92 Å². The Kier molecular flexibility index (Phi) is 3.22. The summed E-state index contributed by atoms with van der Waals surface area (Å²) in [7, 11) is 0. The van der Waals surface area contributed by atoms with Crippen molar-refractivity contribution in [2.75, 3.05) is 13.1 Å². The van der Waals surface area contributed by atoms with Crippen LogP contribution in [-0.4, -0.2) is 30.2 Å². The van der Waals surface area contributed by atoms with Gasteiger partial charge >= 0.3 is 5.97 Å². The minimum absolute atomic E-state index is 0.147. The van der Waals surface area contributed by atoms with Crippen LogP contribution < -0.4 is 10.6 Å². The third-order valence-corrected chi connectivity index (χ3v) is 2.85. The van der Waals surface area contributed by atoms with E-state index in [4.69, 9.17) is 5.11 Å². The standard InChI is InChI=1S/C12H16N2O2/c1-8-3-2-4-9(7-8)10-11(12(15)16)14-6-5-13-10/h2-4,7,10-11,13-14H,5-6H2,1H3,(H,15,16). The molecule has 1 aliphatic rings. The van der Waals surface area contributed by atoms with Gasteiger partial charge in [-0.25, -0.2) is 0 Å². The molecule has 0 aromatic heterocycles.